The zero-order chi connectivity index (χ0) is 36.8. The average molecular weight is 748 g/mol. The van der Waals surface area contributed by atoms with Crippen LogP contribution in [0.3, 0.4) is 0 Å². The summed E-state index contributed by atoms with van der Waals surface area (Å²) in [6.07, 6.45) is 1.77. The Hall–Kier alpha value is -4.75. The molecule has 2 fully saturated rings. The maximum atomic E-state index is 14.5. The first-order chi connectivity index (χ1) is 25.1. The lowest BCUT2D eigenvalue weighted by atomic mass is 9.89. The molecule has 52 heavy (non-hydrogen) atoms. The van der Waals surface area contributed by atoms with Gasteiger partial charge in [-0.3, -0.25) is 24.3 Å². The van der Waals surface area contributed by atoms with Crippen LogP contribution < -0.4 is 10.2 Å². The Balaban J connectivity index is 1.39. The largest absolute Gasteiger partial charge is 0.471 e. The smallest absolute Gasteiger partial charge is 0.384 e. The molecule has 15 heteroatoms. The van der Waals surface area contributed by atoms with Crippen LogP contribution in [0.4, 0.5) is 29.5 Å². The van der Waals surface area contributed by atoms with Gasteiger partial charge in [0.15, 0.2) is 5.17 Å². The number of amides is 2. The zero-order valence-electron chi connectivity index (χ0n) is 28.5. The van der Waals surface area contributed by atoms with Gasteiger partial charge < -0.3 is 10.1 Å². The van der Waals surface area contributed by atoms with Gasteiger partial charge in [0, 0.05) is 44.2 Å². The van der Waals surface area contributed by atoms with Gasteiger partial charge in [0.2, 0.25) is 0 Å². The van der Waals surface area contributed by atoms with Crippen molar-refractivity contribution in [1.29, 1.82) is 5.26 Å². The number of carbonyl (C=O) groups is 2. The van der Waals surface area contributed by atoms with E-state index in [9.17, 15) is 28.0 Å². The lowest BCUT2D eigenvalue weighted by molar-refractivity contribution is -0.170. The second-order valence-corrected chi connectivity index (χ2v) is 14.1. The fourth-order valence-electron chi connectivity index (χ4n) is 6.01. The number of morpholine rings is 1. The fourth-order valence-corrected chi connectivity index (χ4v) is 8.18. The maximum Gasteiger partial charge on any atom is 0.471 e. The predicted molar refractivity (Wildman–Crippen MR) is 198 cm³/mol. The second-order valence-electron chi connectivity index (χ2n) is 12.2. The Morgan fingerprint density at radius 1 is 1.19 bits per heavy atom. The number of anilines is 2. The molecule has 2 amide bonds. The number of rotatable bonds is 10. The number of aliphatic imine (C=N–C) groups is 1. The molecule has 10 nitrogen and oxygen atoms in total. The quantitative estimate of drug-likeness (QED) is 0.221. The van der Waals surface area contributed by atoms with E-state index in [1.165, 1.54) is 18.0 Å². The SMILES string of the molecule is CCNc1ccc(C#N)cc1N=C1SC(=C2C(c3ncc(N(CCN4CCOCC4)C(=O)C(F)(F)F)s3)=CC=CC2C)C(=O)N1Cc1ccccc1. The molecule has 1 atom stereocenters. The van der Waals surface area contributed by atoms with Gasteiger partial charge in [-0.1, -0.05) is 66.8 Å². The number of nitrogens with zero attached hydrogens (tertiary/aromatic N) is 6. The first kappa shape index (κ1) is 37.0. The molecule has 1 aliphatic carbocycles. The molecule has 0 spiro atoms. The maximum absolute atomic E-state index is 14.5. The van der Waals surface area contributed by atoms with Crippen LogP contribution in [0.15, 0.2) is 88.4 Å². The number of hydrogen-bond donors (Lipinski definition) is 1. The number of alkyl halides is 3. The van der Waals surface area contributed by atoms with Crippen LogP contribution >= 0.6 is 23.1 Å². The molecule has 1 N–H and O–H groups in total. The molecule has 270 valence electrons. The van der Waals surface area contributed by atoms with Crippen molar-refractivity contribution in [3.63, 3.8) is 0 Å². The minimum Gasteiger partial charge on any atom is -0.384 e. The number of halogens is 3. The molecule has 0 bridgehead atoms. The normalized spacial score (nSPS) is 20.3. The summed E-state index contributed by atoms with van der Waals surface area (Å²) in [7, 11) is 0. The summed E-state index contributed by atoms with van der Waals surface area (Å²) in [4.78, 5) is 41.3. The fraction of sp³-hybridized carbons (Fsp3) is 0.324. The van der Waals surface area contributed by atoms with E-state index in [0.29, 0.717) is 76.0 Å². The van der Waals surface area contributed by atoms with E-state index in [1.54, 1.807) is 29.2 Å². The van der Waals surface area contributed by atoms with Crippen LogP contribution in [0.2, 0.25) is 0 Å². The van der Waals surface area contributed by atoms with Gasteiger partial charge >= 0.3 is 12.1 Å². The molecule has 1 unspecified atom stereocenters. The number of hydrogen-bond acceptors (Lipinski definition) is 10. The van der Waals surface area contributed by atoms with Gasteiger partial charge in [0.25, 0.3) is 5.91 Å². The number of thiazole rings is 1. The Morgan fingerprint density at radius 3 is 2.67 bits per heavy atom. The first-order valence-corrected chi connectivity index (χ1v) is 18.4. The Kier molecular flexibility index (Phi) is 11.6. The van der Waals surface area contributed by atoms with Crippen molar-refractivity contribution in [2.75, 3.05) is 56.2 Å². The van der Waals surface area contributed by atoms with E-state index in [-0.39, 0.29) is 36.5 Å². The molecular formula is C37H36F3N7O3S2. The van der Waals surface area contributed by atoms with Crippen molar-refractivity contribution in [2.24, 2.45) is 10.9 Å². The molecule has 2 aromatic carbocycles. The number of thioether (sulfide) groups is 1. The van der Waals surface area contributed by atoms with Gasteiger partial charge in [-0.15, -0.1) is 0 Å². The lowest BCUT2D eigenvalue weighted by Gasteiger charge is -2.29. The van der Waals surface area contributed by atoms with Crippen molar-refractivity contribution in [3.05, 3.63) is 99.6 Å². The average Bonchev–Trinajstić information content (AvgIpc) is 3.74. The summed E-state index contributed by atoms with van der Waals surface area (Å²) in [5.41, 5.74) is 3.75. The number of nitriles is 1. The monoisotopic (exact) mass is 747 g/mol. The van der Waals surface area contributed by atoms with Crippen LogP contribution in [-0.4, -0.2) is 83.9 Å². The Bertz CT molecular complexity index is 1980. The van der Waals surface area contributed by atoms with Crippen LogP contribution in [0, 0.1) is 17.2 Å². The van der Waals surface area contributed by atoms with Crippen molar-refractivity contribution in [1.82, 2.24) is 14.8 Å². The van der Waals surface area contributed by atoms with Crippen LogP contribution in [0.1, 0.15) is 30.0 Å². The van der Waals surface area contributed by atoms with E-state index in [1.807, 2.05) is 61.2 Å². The first-order valence-electron chi connectivity index (χ1n) is 16.8. The molecule has 0 radical (unpaired) electrons. The summed E-state index contributed by atoms with van der Waals surface area (Å²) >= 11 is 2.18. The highest BCUT2D eigenvalue weighted by atomic mass is 32.2. The van der Waals surface area contributed by atoms with Gasteiger partial charge in [0.1, 0.15) is 10.0 Å². The minimum atomic E-state index is -5.08. The molecule has 2 saturated heterocycles. The molecule has 3 heterocycles. The lowest BCUT2D eigenvalue weighted by Crippen LogP contribution is -2.46. The topological polar surface area (TPSA) is 114 Å². The predicted octanol–water partition coefficient (Wildman–Crippen LogP) is 6.98. The molecule has 2 aliphatic heterocycles. The molecule has 0 saturated carbocycles. The number of benzene rings is 2. The summed E-state index contributed by atoms with van der Waals surface area (Å²) in [6.45, 7) is 6.89. The van der Waals surface area contributed by atoms with E-state index in [2.05, 4.69) is 16.4 Å². The molecule has 3 aromatic rings. The van der Waals surface area contributed by atoms with E-state index in [0.717, 1.165) is 21.8 Å². The Labute approximate surface area is 308 Å². The van der Waals surface area contributed by atoms with Gasteiger partial charge in [-0.05, 0) is 48.0 Å². The van der Waals surface area contributed by atoms with Gasteiger partial charge in [0.05, 0.1) is 53.9 Å². The van der Waals surface area contributed by atoms with E-state index in [4.69, 9.17) is 9.73 Å². The third-order valence-corrected chi connectivity index (χ3v) is 10.8. The zero-order valence-corrected chi connectivity index (χ0v) is 30.2. The molecule has 6 rings (SSSR count). The standard InChI is InChI=1S/C37H36F3N7O3S2/c1-3-42-28-13-12-26(21-41)20-29(28)44-36-47(23-25-9-5-4-6-10-25)34(48)32(52-36)31-24(2)8-7-11-27(31)33-43-22-30(51-33)46(35(49)37(38,39)40)15-14-45-16-18-50-19-17-45/h4-13,20,22,24,42H,3,14-19,23H2,1-2H3. The molecular weight excluding hydrogens is 712 g/mol. The number of allylic oxidation sites excluding steroid dienone is 5. The summed E-state index contributed by atoms with van der Waals surface area (Å²) in [5.74, 6) is -2.50. The number of carbonyl (C=O) groups excluding carboxylic acids is 2. The number of amidine groups is 1. The van der Waals surface area contributed by atoms with Crippen molar-refractivity contribution >= 4 is 62.0 Å². The highest BCUT2D eigenvalue weighted by molar-refractivity contribution is 8.18. The number of ether oxygens (including phenoxy) is 1. The summed E-state index contributed by atoms with van der Waals surface area (Å²) < 4.78 is 46.8. The summed E-state index contributed by atoms with van der Waals surface area (Å²) in [5, 5.41) is 13.7. The highest BCUT2D eigenvalue weighted by Gasteiger charge is 2.44. The third-order valence-electron chi connectivity index (χ3n) is 8.63. The minimum absolute atomic E-state index is 0.0599. The number of nitrogens with one attached hydrogen (secondary N) is 1. The Morgan fingerprint density at radius 2 is 1.96 bits per heavy atom. The summed E-state index contributed by atoms with van der Waals surface area (Å²) in [6, 6.07) is 16.8. The molecule has 1 aromatic heterocycles. The van der Waals surface area contributed by atoms with E-state index < -0.39 is 12.1 Å². The second kappa shape index (κ2) is 16.3. The highest BCUT2D eigenvalue weighted by Crippen LogP contribution is 2.46. The van der Waals surface area contributed by atoms with Gasteiger partial charge in [-0.2, -0.15) is 18.4 Å². The van der Waals surface area contributed by atoms with Gasteiger partial charge in [-0.25, -0.2) is 9.98 Å². The van der Waals surface area contributed by atoms with Crippen molar-refractivity contribution < 1.29 is 27.5 Å². The van der Waals surface area contributed by atoms with Crippen molar-refractivity contribution in [2.45, 2.75) is 26.6 Å². The van der Waals surface area contributed by atoms with Crippen molar-refractivity contribution in [3.8, 4) is 6.07 Å². The van der Waals surface area contributed by atoms with Crippen LogP contribution in [0.5, 0.6) is 0 Å². The number of aromatic nitrogens is 1. The van der Waals surface area contributed by atoms with E-state index >= 15 is 0 Å². The third kappa shape index (κ3) is 8.31. The molecule has 3 aliphatic rings. The van der Waals surface area contributed by atoms with Crippen LogP contribution in [-0.2, 0) is 20.9 Å². The van der Waals surface area contributed by atoms with Crippen LogP contribution in [0.25, 0.3) is 5.57 Å².